The molecule has 524 valence electrons. The lowest BCUT2D eigenvalue weighted by Crippen LogP contribution is -2.61. The first-order valence-corrected chi connectivity index (χ1v) is 38.5. The summed E-state index contributed by atoms with van der Waals surface area (Å²) in [6.07, 6.45) is 0. The van der Waals surface area contributed by atoms with Crippen molar-refractivity contribution in [1.29, 1.82) is 0 Å². The average Bonchev–Trinajstić information content (AvgIpc) is 0.841. The third kappa shape index (κ3) is 11.3. The van der Waals surface area contributed by atoms with Gasteiger partial charge >= 0.3 is 0 Å². The summed E-state index contributed by atoms with van der Waals surface area (Å²) in [6.45, 7) is 13.8. The Morgan fingerprint density at radius 3 is 1.02 bits per heavy atom. The number of hydrogen-bond acceptors (Lipinski definition) is 3. The SMILES string of the molecule is CC(C)(C)c1cc(-c2ccc3c(c2)N(c2cc(-c4ccccc4)cc(-c4ccccc4)c2)c2cc(-n4c5ccccc5c5cc(N(c6ccccc6)c6ccccc6)ccc54)cc4c2B3c2ccc(-n3c5ccccc5c5ccccc53)cc2N4c2cc(-c3ccccc3)cc(-c3ccccc3)c2)cc(C(C)(C)C)c1. The molecule has 0 N–H and O–H groups in total. The molecule has 2 aromatic heterocycles. The van der Waals surface area contributed by atoms with E-state index in [2.05, 4.69) is 441 Å². The molecule has 0 saturated heterocycles. The molecule has 6 heteroatoms. The van der Waals surface area contributed by atoms with E-state index in [4.69, 9.17) is 0 Å². The molecule has 0 bridgehead atoms. The Kier molecular flexibility index (Phi) is 15.7. The highest BCUT2D eigenvalue weighted by Gasteiger charge is 2.45. The topological polar surface area (TPSA) is 19.6 Å². The van der Waals surface area contributed by atoms with Gasteiger partial charge in [0.2, 0.25) is 0 Å². The summed E-state index contributed by atoms with van der Waals surface area (Å²) in [6, 6.07) is 141. The number of fused-ring (bicyclic) bond motifs is 10. The predicted molar refractivity (Wildman–Crippen MR) is 468 cm³/mol. The van der Waals surface area contributed by atoms with Crippen LogP contribution in [0.25, 0.3) is 111 Å². The number of rotatable bonds is 12. The molecule has 4 heterocycles. The molecule has 0 aliphatic carbocycles. The van der Waals surface area contributed by atoms with E-state index in [9.17, 15) is 0 Å². The second-order valence-electron chi connectivity index (χ2n) is 31.7. The molecular formula is C104H80BN5. The standard InChI is InChI=1S/C104H80BN5/c1-103(2,3)79-57-78(58-80(64-79)104(4,5)6)73-49-52-92-98(63-73)109(85-59-74(69-31-13-7-14-32-69)55-75(60-85)70-33-15-8-16-34-70)100-67-87(108-96-48-30-27-45-90(96)91-65-83(51-54-97(91)108)106(81-39-21-11-22-40-81)82-41-23-12-24-42-82)68-101-102(100)105(92)93-53-50-84(107-94-46-28-25-43-88(94)89-44-26-29-47-95(89)107)66-99(93)110(101)86-61-76(71-35-17-9-18-36-71)56-77(62-86)72-37-19-10-20-38-72/h7-68H,1-6H3. The monoisotopic (exact) mass is 1410 g/mol. The summed E-state index contributed by atoms with van der Waals surface area (Å²) in [4.78, 5) is 7.68. The third-order valence-electron chi connectivity index (χ3n) is 22.9. The van der Waals surface area contributed by atoms with Crippen LogP contribution >= 0.6 is 0 Å². The normalized spacial score (nSPS) is 12.6. The number of aromatic nitrogens is 2. The zero-order chi connectivity index (χ0) is 73.9. The van der Waals surface area contributed by atoms with E-state index in [1.54, 1.807) is 0 Å². The average molecular weight is 1410 g/mol. The third-order valence-corrected chi connectivity index (χ3v) is 22.9. The fourth-order valence-corrected chi connectivity index (χ4v) is 17.5. The predicted octanol–water partition coefficient (Wildman–Crippen LogP) is 26.4. The maximum absolute atomic E-state index is 2.66. The van der Waals surface area contributed by atoms with Crippen LogP contribution in [0.15, 0.2) is 376 Å². The first-order chi connectivity index (χ1) is 53.8. The first-order valence-electron chi connectivity index (χ1n) is 38.5. The molecule has 16 aromatic carbocycles. The molecule has 110 heavy (non-hydrogen) atoms. The lowest BCUT2D eigenvalue weighted by molar-refractivity contribution is 0.569. The lowest BCUT2D eigenvalue weighted by atomic mass is 9.33. The second-order valence-corrected chi connectivity index (χ2v) is 31.7. The molecular weight excluding hydrogens is 1330 g/mol. The number of para-hydroxylation sites is 5. The van der Waals surface area contributed by atoms with Crippen LogP contribution in [0.4, 0.5) is 51.2 Å². The molecule has 18 aromatic rings. The Balaban J connectivity index is 0.941. The molecule has 2 aliphatic heterocycles. The minimum Gasteiger partial charge on any atom is -0.311 e. The second kappa shape index (κ2) is 26.2. The molecule has 0 radical (unpaired) electrons. The van der Waals surface area contributed by atoms with Crippen LogP contribution in [0, 0.1) is 0 Å². The van der Waals surface area contributed by atoms with Crippen molar-refractivity contribution in [1.82, 2.24) is 9.13 Å². The van der Waals surface area contributed by atoms with E-state index >= 15 is 0 Å². The van der Waals surface area contributed by atoms with E-state index in [1.165, 1.54) is 43.9 Å². The quantitative estimate of drug-likeness (QED) is 0.114. The zero-order valence-electron chi connectivity index (χ0n) is 62.6. The largest absolute Gasteiger partial charge is 0.311 e. The summed E-state index contributed by atoms with van der Waals surface area (Å²) >= 11 is 0. The fourth-order valence-electron chi connectivity index (χ4n) is 17.5. The molecule has 0 saturated carbocycles. The van der Waals surface area contributed by atoms with Gasteiger partial charge in [0.05, 0.1) is 27.8 Å². The van der Waals surface area contributed by atoms with Crippen molar-refractivity contribution in [2.45, 2.75) is 52.4 Å². The van der Waals surface area contributed by atoms with E-state index in [0.29, 0.717) is 0 Å². The van der Waals surface area contributed by atoms with Gasteiger partial charge in [-0.25, -0.2) is 0 Å². The Labute approximate surface area is 644 Å². The van der Waals surface area contributed by atoms with Gasteiger partial charge in [0.15, 0.2) is 0 Å². The van der Waals surface area contributed by atoms with Crippen molar-refractivity contribution >= 4 is 118 Å². The van der Waals surface area contributed by atoms with Crippen molar-refractivity contribution in [2.24, 2.45) is 0 Å². The van der Waals surface area contributed by atoms with Crippen LogP contribution in [0.1, 0.15) is 52.7 Å². The van der Waals surface area contributed by atoms with Crippen molar-refractivity contribution in [3.63, 3.8) is 0 Å². The first kappa shape index (κ1) is 66.1. The van der Waals surface area contributed by atoms with E-state index in [-0.39, 0.29) is 17.5 Å². The highest BCUT2D eigenvalue weighted by atomic mass is 15.2. The summed E-state index contributed by atoms with van der Waals surface area (Å²) in [5.41, 5.74) is 34.0. The van der Waals surface area contributed by atoms with Crippen LogP contribution < -0.4 is 31.1 Å². The Hall–Kier alpha value is -13.4. The van der Waals surface area contributed by atoms with E-state index in [0.717, 1.165) is 145 Å². The molecule has 0 fully saturated rings. The summed E-state index contributed by atoms with van der Waals surface area (Å²) < 4.78 is 5.04. The fraction of sp³-hybridized carbons (Fsp3) is 0.0769. The van der Waals surface area contributed by atoms with Gasteiger partial charge in [0.1, 0.15) is 0 Å². The maximum atomic E-state index is 2.66. The highest BCUT2D eigenvalue weighted by molar-refractivity contribution is 7.00. The van der Waals surface area contributed by atoms with Gasteiger partial charge in [0, 0.05) is 78.4 Å². The van der Waals surface area contributed by atoms with Crippen LogP contribution in [0.3, 0.4) is 0 Å². The van der Waals surface area contributed by atoms with E-state index in [1.807, 2.05) is 0 Å². The van der Waals surface area contributed by atoms with Gasteiger partial charge in [-0.3, -0.25) is 0 Å². The van der Waals surface area contributed by atoms with Gasteiger partial charge in [-0.1, -0.05) is 290 Å². The van der Waals surface area contributed by atoms with Crippen molar-refractivity contribution in [3.05, 3.63) is 387 Å². The lowest BCUT2D eigenvalue weighted by Gasteiger charge is -2.45. The Morgan fingerprint density at radius 1 is 0.227 bits per heavy atom. The molecule has 0 spiro atoms. The van der Waals surface area contributed by atoms with Crippen molar-refractivity contribution in [2.75, 3.05) is 14.7 Å². The Morgan fingerprint density at radius 2 is 0.582 bits per heavy atom. The Bertz CT molecular complexity index is 6370. The summed E-state index contributed by atoms with van der Waals surface area (Å²) in [7, 11) is 0. The highest BCUT2D eigenvalue weighted by Crippen LogP contribution is 2.51. The molecule has 0 unspecified atom stereocenters. The van der Waals surface area contributed by atoms with E-state index < -0.39 is 0 Å². The smallest absolute Gasteiger partial charge is 0.252 e. The molecule has 0 amide bonds. The minimum atomic E-state index is -0.252. The van der Waals surface area contributed by atoms with Gasteiger partial charge < -0.3 is 23.8 Å². The summed E-state index contributed by atoms with van der Waals surface area (Å²) in [5, 5.41) is 4.76. The molecule has 0 atom stereocenters. The summed E-state index contributed by atoms with van der Waals surface area (Å²) in [5.74, 6) is 0. The number of nitrogens with zero attached hydrogens (tertiary/aromatic N) is 5. The van der Waals surface area contributed by atoms with Crippen LogP contribution in [0.2, 0.25) is 0 Å². The minimum absolute atomic E-state index is 0.108. The molecule has 20 rings (SSSR count). The number of benzene rings is 16. The van der Waals surface area contributed by atoms with Gasteiger partial charge in [-0.15, -0.1) is 0 Å². The van der Waals surface area contributed by atoms with Crippen LogP contribution in [-0.2, 0) is 10.8 Å². The van der Waals surface area contributed by atoms with Crippen molar-refractivity contribution < 1.29 is 0 Å². The van der Waals surface area contributed by atoms with Crippen molar-refractivity contribution in [3.8, 4) is 67.0 Å². The van der Waals surface area contributed by atoms with Gasteiger partial charge in [0.25, 0.3) is 6.71 Å². The number of anilines is 9. The van der Waals surface area contributed by atoms with Crippen LogP contribution in [-0.4, -0.2) is 15.8 Å². The van der Waals surface area contributed by atoms with Gasteiger partial charge in [-0.2, -0.15) is 0 Å². The maximum Gasteiger partial charge on any atom is 0.252 e. The zero-order valence-corrected chi connectivity index (χ0v) is 62.6. The number of hydrogen-bond donors (Lipinski definition) is 0. The van der Waals surface area contributed by atoms with Gasteiger partial charge in [-0.05, 0) is 221 Å². The van der Waals surface area contributed by atoms with Crippen LogP contribution in [0.5, 0.6) is 0 Å². The molecule has 2 aliphatic rings. The molecule has 5 nitrogen and oxygen atoms in total.